The summed E-state index contributed by atoms with van der Waals surface area (Å²) in [5.41, 5.74) is 2.68. The third-order valence-electron chi connectivity index (χ3n) is 5.22. The third kappa shape index (κ3) is 6.20. The van der Waals surface area contributed by atoms with Gasteiger partial charge in [0.15, 0.2) is 0 Å². The second-order valence-electron chi connectivity index (χ2n) is 7.80. The zero-order valence-electron chi connectivity index (χ0n) is 18.5. The van der Waals surface area contributed by atoms with Crippen LogP contribution in [0.2, 0.25) is 0 Å². The van der Waals surface area contributed by atoms with Gasteiger partial charge in [0.25, 0.3) is 0 Å². The fourth-order valence-corrected chi connectivity index (χ4v) is 3.53. The van der Waals surface area contributed by atoms with Gasteiger partial charge in [0.05, 0.1) is 19.1 Å². The van der Waals surface area contributed by atoms with Crippen LogP contribution in [0.3, 0.4) is 0 Å². The Bertz CT molecular complexity index is 1070. The van der Waals surface area contributed by atoms with Crippen LogP contribution in [0.25, 0.3) is 11.0 Å². The van der Waals surface area contributed by atoms with Crippen LogP contribution in [0.5, 0.6) is 5.75 Å². The molecule has 0 spiro atoms. The van der Waals surface area contributed by atoms with E-state index < -0.39 is 11.5 Å². The predicted molar refractivity (Wildman–Crippen MR) is 122 cm³/mol. The van der Waals surface area contributed by atoms with Crippen LogP contribution in [0.1, 0.15) is 43.4 Å². The molecule has 0 aliphatic rings. The van der Waals surface area contributed by atoms with Crippen molar-refractivity contribution < 1.29 is 18.7 Å². The number of carbonyl (C=O) groups is 1. The molecule has 31 heavy (non-hydrogen) atoms. The SMILES string of the molecule is CCCCOc1ccc(CC(Cc2cc3cc(C)ccc3oc2=O)C(=O)OCC)cc1. The minimum Gasteiger partial charge on any atom is -0.494 e. The number of hydrogen-bond donors (Lipinski definition) is 0. The minimum absolute atomic E-state index is 0.264. The molecule has 0 saturated heterocycles. The lowest BCUT2D eigenvalue weighted by atomic mass is 9.92. The Balaban J connectivity index is 1.80. The number of esters is 1. The van der Waals surface area contributed by atoms with Gasteiger partial charge < -0.3 is 13.9 Å². The lowest BCUT2D eigenvalue weighted by molar-refractivity contribution is -0.147. The molecule has 3 rings (SSSR count). The van der Waals surface area contributed by atoms with Gasteiger partial charge >= 0.3 is 11.6 Å². The first-order valence-corrected chi connectivity index (χ1v) is 10.9. The predicted octanol–water partition coefficient (Wildman–Crippen LogP) is 5.24. The molecule has 0 radical (unpaired) electrons. The van der Waals surface area contributed by atoms with Gasteiger partial charge in [0.1, 0.15) is 11.3 Å². The molecule has 0 saturated carbocycles. The van der Waals surface area contributed by atoms with Crippen LogP contribution >= 0.6 is 0 Å². The zero-order valence-corrected chi connectivity index (χ0v) is 18.5. The summed E-state index contributed by atoms with van der Waals surface area (Å²) in [5.74, 6) is 0.0295. The largest absolute Gasteiger partial charge is 0.494 e. The highest BCUT2D eigenvalue weighted by Crippen LogP contribution is 2.21. The second-order valence-corrected chi connectivity index (χ2v) is 7.80. The van der Waals surface area contributed by atoms with E-state index in [1.54, 1.807) is 13.0 Å². The highest BCUT2D eigenvalue weighted by atomic mass is 16.5. The smallest absolute Gasteiger partial charge is 0.339 e. The van der Waals surface area contributed by atoms with E-state index in [-0.39, 0.29) is 12.4 Å². The first-order chi connectivity index (χ1) is 15.0. The zero-order chi connectivity index (χ0) is 22.2. The summed E-state index contributed by atoms with van der Waals surface area (Å²) >= 11 is 0. The van der Waals surface area contributed by atoms with E-state index in [0.29, 0.717) is 30.8 Å². The van der Waals surface area contributed by atoms with Crippen molar-refractivity contribution in [2.75, 3.05) is 13.2 Å². The number of hydrogen-bond acceptors (Lipinski definition) is 5. The Kier molecular flexibility index (Phi) is 7.88. The molecule has 0 bridgehead atoms. The molecule has 2 aromatic carbocycles. The quantitative estimate of drug-likeness (QED) is 0.254. The molecule has 0 amide bonds. The van der Waals surface area contributed by atoms with E-state index in [2.05, 4.69) is 6.92 Å². The van der Waals surface area contributed by atoms with Crippen molar-refractivity contribution in [3.05, 3.63) is 75.6 Å². The molecule has 0 N–H and O–H groups in total. The van der Waals surface area contributed by atoms with Crippen molar-refractivity contribution in [3.8, 4) is 5.75 Å². The maximum absolute atomic E-state index is 12.6. The van der Waals surface area contributed by atoms with Crippen molar-refractivity contribution in [2.45, 2.75) is 46.5 Å². The second kappa shape index (κ2) is 10.8. The van der Waals surface area contributed by atoms with Crippen LogP contribution in [0, 0.1) is 12.8 Å². The number of ether oxygens (including phenoxy) is 2. The third-order valence-corrected chi connectivity index (χ3v) is 5.22. The summed E-state index contributed by atoms with van der Waals surface area (Å²) in [5, 5.41) is 0.853. The average molecular weight is 423 g/mol. The van der Waals surface area contributed by atoms with Gasteiger partial charge in [0, 0.05) is 10.9 Å². The van der Waals surface area contributed by atoms with Crippen molar-refractivity contribution in [3.63, 3.8) is 0 Å². The van der Waals surface area contributed by atoms with E-state index in [4.69, 9.17) is 13.9 Å². The van der Waals surface area contributed by atoms with Gasteiger partial charge in [0.2, 0.25) is 0 Å². The lowest BCUT2D eigenvalue weighted by Gasteiger charge is -2.16. The molecule has 164 valence electrons. The number of rotatable bonds is 10. The Morgan fingerprint density at radius 1 is 1.03 bits per heavy atom. The van der Waals surface area contributed by atoms with E-state index in [0.717, 1.165) is 35.1 Å². The van der Waals surface area contributed by atoms with Gasteiger partial charge in [-0.05, 0) is 69.0 Å². The summed E-state index contributed by atoms with van der Waals surface area (Å²) in [7, 11) is 0. The fraction of sp³-hybridized carbons (Fsp3) is 0.385. The normalized spacial score (nSPS) is 12.0. The monoisotopic (exact) mass is 422 g/mol. The minimum atomic E-state index is -0.475. The van der Waals surface area contributed by atoms with Crippen molar-refractivity contribution in [1.82, 2.24) is 0 Å². The van der Waals surface area contributed by atoms with Crippen molar-refractivity contribution in [2.24, 2.45) is 5.92 Å². The van der Waals surface area contributed by atoms with Crippen LogP contribution in [-0.2, 0) is 22.4 Å². The van der Waals surface area contributed by atoms with Crippen molar-refractivity contribution >= 4 is 16.9 Å². The molecular formula is C26H30O5. The maximum Gasteiger partial charge on any atom is 0.339 e. The summed E-state index contributed by atoms with van der Waals surface area (Å²) in [4.78, 5) is 25.2. The number of fused-ring (bicyclic) bond motifs is 1. The van der Waals surface area contributed by atoms with Gasteiger partial charge in [-0.15, -0.1) is 0 Å². The summed E-state index contributed by atoms with van der Waals surface area (Å²) in [6, 6.07) is 15.2. The van der Waals surface area contributed by atoms with Crippen LogP contribution < -0.4 is 10.4 Å². The highest BCUT2D eigenvalue weighted by molar-refractivity contribution is 5.78. The maximum atomic E-state index is 12.6. The van der Waals surface area contributed by atoms with Crippen LogP contribution in [-0.4, -0.2) is 19.2 Å². The Labute approximate surface area is 183 Å². The molecule has 0 aliphatic carbocycles. The van der Waals surface area contributed by atoms with Crippen LogP contribution in [0.15, 0.2) is 57.7 Å². The van der Waals surface area contributed by atoms with Gasteiger partial charge in [-0.3, -0.25) is 4.79 Å². The summed E-state index contributed by atoms with van der Waals surface area (Å²) in [6.07, 6.45) is 2.83. The Hall–Kier alpha value is -3.08. The Morgan fingerprint density at radius 2 is 1.81 bits per heavy atom. The van der Waals surface area contributed by atoms with Gasteiger partial charge in [-0.25, -0.2) is 4.79 Å². The van der Waals surface area contributed by atoms with E-state index in [1.165, 1.54) is 0 Å². The first-order valence-electron chi connectivity index (χ1n) is 10.9. The van der Waals surface area contributed by atoms with Crippen molar-refractivity contribution in [1.29, 1.82) is 0 Å². The van der Waals surface area contributed by atoms with E-state index in [9.17, 15) is 9.59 Å². The molecule has 1 aromatic heterocycles. The molecule has 5 heteroatoms. The number of benzene rings is 2. The topological polar surface area (TPSA) is 65.7 Å². The molecule has 0 aliphatic heterocycles. The summed E-state index contributed by atoms with van der Waals surface area (Å²) in [6.45, 7) is 6.88. The average Bonchev–Trinajstić information content (AvgIpc) is 2.75. The van der Waals surface area contributed by atoms with Gasteiger partial charge in [-0.1, -0.05) is 37.1 Å². The molecule has 1 unspecified atom stereocenters. The number of unbranched alkanes of at least 4 members (excludes halogenated alkanes) is 1. The molecular weight excluding hydrogens is 392 g/mol. The lowest BCUT2D eigenvalue weighted by Crippen LogP contribution is -2.25. The standard InChI is InChI=1S/C26H30O5/c1-4-6-13-30-23-10-8-19(9-11-23)15-21(25(27)29-5-2)17-22-16-20-14-18(3)7-12-24(20)31-26(22)28/h7-12,14,16,21H,4-6,13,15,17H2,1-3H3. The molecule has 1 atom stereocenters. The first kappa shape index (κ1) is 22.6. The number of carbonyl (C=O) groups excluding carboxylic acids is 1. The molecule has 5 nitrogen and oxygen atoms in total. The summed E-state index contributed by atoms with van der Waals surface area (Å²) < 4.78 is 16.5. The Morgan fingerprint density at radius 3 is 2.52 bits per heavy atom. The van der Waals surface area contributed by atoms with Gasteiger partial charge in [-0.2, -0.15) is 0 Å². The highest BCUT2D eigenvalue weighted by Gasteiger charge is 2.23. The van der Waals surface area contributed by atoms with E-state index >= 15 is 0 Å². The molecule has 0 fully saturated rings. The fourth-order valence-electron chi connectivity index (χ4n) is 3.53. The number of aryl methyl sites for hydroxylation is 1. The molecule has 3 aromatic rings. The van der Waals surface area contributed by atoms with Crippen LogP contribution in [0.4, 0.5) is 0 Å². The van der Waals surface area contributed by atoms with E-state index in [1.807, 2.05) is 49.4 Å². The molecule has 1 heterocycles.